The van der Waals surface area contributed by atoms with Crippen LogP contribution in [-0.2, 0) is 6.42 Å². The molecular weight excluding hydrogens is 323 g/mol. The summed E-state index contributed by atoms with van der Waals surface area (Å²) in [6.45, 7) is 1.91. The Morgan fingerprint density at radius 3 is 2.70 bits per heavy atom. The van der Waals surface area contributed by atoms with Crippen molar-refractivity contribution in [3.05, 3.63) is 64.1 Å². The predicted octanol–water partition coefficient (Wildman–Crippen LogP) is 3.34. The van der Waals surface area contributed by atoms with Crippen molar-refractivity contribution in [2.24, 2.45) is 0 Å². The number of rotatable bonds is 4. The normalized spacial score (nSPS) is 11.9. The van der Waals surface area contributed by atoms with Crippen LogP contribution in [0.3, 0.4) is 0 Å². The molecule has 0 aliphatic carbocycles. The van der Waals surface area contributed by atoms with Gasteiger partial charge in [0.05, 0.1) is 0 Å². The summed E-state index contributed by atoms with van der Waals surface area (Å²) in [6, 6.07) is 9.57. The molecule has 1 unspecified atom stereocenters. The van der Waals surface area contributed by atoms with Crippen molar-refractivity contribution in [2.45, 2.75) is 19.4 Å². The fraction of sp³-hybridized carbons (Fsp3) is 0.200. The third-order valence-corrected chi connectivity index (χ3v) is 3.26. The molecular formula is C15H14BrFN2O. The quantitative estimate of drug-likeness (QED) is 0.870. The number of aromatic nitrogens is 1. The van der Waals surface area contributed by atoms with Gasteiger partial charge in [-0.3, -0.25) is 4.79 Å². The number of benzene rings is 1. The molecule has 2 rings (SSSR count). The highest BCUT2D eigenvalue weighted by molar-refractivity contribution is 9.10. The lowest BCUT2D eigenvalue weighted by Crippen LogP contribution is -2.34. The molecule has 1 atom stereocenters. The Bertz CT molecular complexity index is 601. The van der Waals surface area contributed by atoms with Crippen LogP contribution in [0.2, 0.25) is 0 Å². The van der Waals surface area contributed by atoms with E-state index in [1.165, 1.54) is 12.1 Å². The molecule has 1 aromatic carbocycles. The van der Waals surface area contributed by atoms with Crippen LogP contribution in [0.5, 0.6) is 0 Å². The van der Waals surface area contributed by atoms with Gasteiger partial charge in [0.2, 0.25) is 0 Å². The van der Waals surface area contributed by atoms with Gasteiger partial charge in [0.1, 0.15) is 10.4 Å². The van der Waals surface area contributed by atoms with Crippen LogP contribution in [-0.4, -0.2) is 16.9 Å². The molecule has 2 aromatic rings. The summed E-state index contributed by atoms with van der Waals surface area (Å²) in [5.74, 6) is -0.408. The summed E-state index contributed by atoms with van der Waals surface area (Å²) < 4.78 is 13.4. The Labute approximate surface area is 125 Å². The van der Waals surface area contributed by atoms with Gasteiger partial charge in [-0.05, 0) is 59.1 Å². The molecule has 0 aliphatic rings. The van der Waals surface area contributed by atoms with Gasteiger partial charge >= 0.3 is 0 Å². The first-order valence-electron chi connectivity index (χ1n) is 6.21. The Hall–Kier alpha value is -1.75. The van der Waals surface area contributed by atoms with Gasteiger partial charge in [-0.2, -0.15) is 0 Å². The van der Waals surface area contributed by atoms with E-state index in [-0.39, 0.29) is 17.8 Å². The maximum atomic E-state index is 12.8. The van der Waals surface area contributed by atoms with Crippen molar-refractivity contribution in [1.82, 2.24) is 10.3 Å². The largest absolute Gasteiger partial charge is 0.349 e. The van der Waals surface area contributed by atoms with Gasteiger partial charge in [0.15, 0.2) is 0 Å². The van der Waals surface area contributed by atoms with Gasteiger partial charge < -0.3 is 5.32 Å². The number of hydrogen-bond donors (Lipinski definition) is 1. The highest BCUT2D eigenvalue weighted by Gasteiger charge is 2.10. The molecule has 1 heterocycles. The van der Waals surface area contributed by atoms with Gasteiger partial charge in [-0.25, -0.2) is 9.37 Å². The van der Waals surface area contributed by atoms with E-state index < -0.39 is 0 Å². The van der Waals surface area contributed by atoms with Crippen molar-refractivity contribution < 1.29 is 9.18 Å². The average molecular weight is 337 g/mol. The molecule has 0 saturated heterocycles. The van der Waals surface area contributed by atoms with Crippen LogP contribution in [0.15, 0.2) is 47.2 Å². The van der Waals surface area contributed by atoms with E-state index in [0.717, 1.165) is 5.56 Å². The maximum Gasteiger partial charge on any atom is 0.251 e. The van der Waals surface area contributed by atoms with Gasteiger partial charge in [0, 0.05) is 17.8 Å². The highest BCUT2D eigenvalue weighted by atomic mass is 79.9. The van der Waals surface area contributed by atoms with Crippen molar-refractivity contribution in [3.8, 4) is 0 Å². The Morgan fingerprint density at radius 2 is 2.05 bits per heavy atom. The number of pyridine rings is 1. The van der Waals surface area contributed by atoms with Crippen LogP contribution >= 0.6 is 15.9 Å². The lowest BCUT2D eigenvalue weighted by atomic mass is 10.1. The van der Waals surface area contributed by atoms with E-state index in [0.29, 0.717) is 16.6 Å². The first-order valence-corrected chi connectivity index (χ1v) is 7.01. The van der Waals surface area contributed by atoms with Gasteiger partial charge in [-0.15, -0.1) is 0 Å². The molecule has 5 heteroatoms. The van der Waals surface area contributed by atoms with Gasteiger partial charge in [0.25, 0.3) is 5.91 Å². The second kappa shape index (κ2) is 6.61. The predicted molar refractivity (Wildman–Crippen MR) is 79.0 cm³/mol. The number of nitrogens with one attached hydrogen (secondary N) is 1. The number of nitrogens with zero attached hydrogens (tertiary/aromatic N) is 1. The zero-order valence-corrected chi connectivity index (χ0v) is 12.5. The second-order valence-electron chi connectivity index (χ2n) is 4.57. The van der Waals surface area contributed by atoms with Crippen LogP contribution < -0.4 is 5.32 Å². The first kappa shape index (κ1) is 14.7. The van der Waals surface area contributed by atoms with E-state index >= 15 is 0 Å². The Balaban J connectivity index is 1.95. The number of hydrogen-bond acceptors (Lipinski definition) is 2. The molecule has 1 aromatic heterocycles. The molecule has 20 heavy (non-hydrogen) atoms. The maximum absolute atomic E-state index is 12.8. The zero-order chi connectivity index (χ0) is 14.5. The molecule has 0 aliphatic heterocycles. The molecule has 3 nitrogen and oxygen atoms in total. The van der Waals surface area contributed by atoms with Crippen molar-refractivity contribution in [2.75, 3.05) is 0 Å². The molecule has 104 valence electrons. The lowest BCUT2D eigenvalue weighted by molar-refractivity contribution is 0.0940. The minimum absolute atomic E-state index is 0.0418. The number of halogens is 2. The van der Waals surface area contributed by atoms with E-state index in [2.05, 4.69) is 26.2 Å². The van der Waals surface area contributed by atoms with Crippen molar-refractivity contribution in [1.29, 1.82) is 0 Å². The molecule has 0 fully saturated rings. The van der Waals surface area contributed by atoms with E-state index in [1.54, 1.807) is 30.5 Å². The Kier molecular flexibility index (Phi) is 4.84. The fourth-order valence-electron chi connectivity index (χ4n) is 1.88. The smallest absolute Gasteiger partial charge is 0.251 e. The van der Waals surface area contributed by atoms with E-state index in [9.17, 15) is 9.18 Å². The topological polar surface area (TPSA) is 42.0 Å². The number of amides is 1. The zero-order valence-electron chi connectivity index (χ0n) is 10.9. The monoisotopic (exact) mass is 336 g/mol. The Morgan fingerprint density at radius 1 is 1.35 bits per heavy atom. The molecule has 0 spiro atoms. The SMILES string of the molecule is CC(Cc1ccc(F)cc1)NC(=O)c1ccnc(Br)c1. The van der Waals surface area contributed by atoms with Crippen LogP contribution in [0, 0.1) is 5.82 Å². The second-order valence-corrected chi connectivity index (χ2v) is 5.38. The summed E-state index contributed by atoms with van der Waals surface area (Å²) in [5, 5.41) is 2.91. The van der Waals surface area contributed by atoms with Gasteiger partial charge in [-0.1, -0.05) is 12.1 Å². The van der Waals surface area contributed by atoms with Crippen molar-refractivity contribution in [3.63, 3.8) is 0 Å². The molecule has 0 bridgehead atoms. The molecule has 0 saturated carbocycles. The minimum Gasteiger partial charge on any atom is -0.349 e. The summed E-state index contributed by atoms with van der Waals surface area (Å²) in [5.41, 5.74) is 1.54. The molecule has 0 radical (unpaired) electrons. The summed E-state index contributed by atoms with van der Waals surface area (Å²) in [6.07, 6.45) is 2.22. The molecule has 1 N–H and O–H groups in total. The van der Waals surface area contributed by atoms with Crippen molar-refractivity contribution >= 4 is 21.8 Å². The minimum atomic E-state index is -0.257. The average Bonchev–Trinajstić information content (AvgIpc) is 2.41. The van der Waals surface area contributed by atoms with E-state index in [4.69, 9.17) is 0 Å². The number of carbonyl (C=O) groups is 1. The summed E-state index contributed by atoms with van der Waals surface area (Å²) >= 11 is 3.23. The van der Waals surface area contributed by atoms with Crippen LogP contribution in [0.4, 0.5) is 4.39 Å². The summed E-state index contributed by atoms with van der Waals surface area (Å²) in [4.78, 5) is 16.0. The van der Waals surface area contributed by atoms with Crippen LogP contribution in [0.25, 0.3) is 0 Å². The van der Waals surface area contributed by atoms with Crippen LogP contribution in [0.1, 0.15) is 22.8 Å². The first-order chi connectivity index (χ1) is 9.54. The van der Waals surface area contributed by atoms with E-state index in [1.807, 2.05) is 6.92 Å². The standard InChI is InChI=1S/C15H14BrFN2O/c1-10(8-11-2-4-13(17)5-3-11)19-15(20)12-6-7-18-14(16)9-12/h2-7,9-10H,8H2,1H3,(H,19,20). The third-order valence-electron chi connectivity index (χ3n) is 2.82. The fourth-order valence-corrected chi connectivity index (χ4v) is 2.24. The lowest BCUT2D eigenvalue weighted by Gasteiger charge is -2.14. The third kappa shape index (κ3) is 4.13. The highest BCUT2D eigenvalue weighted by Crippen LogP contribution is 2.09. The summed E-state index contributed by atoms with van der Waals surface area (Å²) in [7, 11) is 0. The number of carbonyl (C=O) groups excluding carboxylic acids is 1. The molecule has 1 amide bonds.